The maximum atomic E-state index is 12.2. The lowest BCUT2D eigenvalue weighted by Gasteiger charge is -2.16. The van der Waals surface area contributed by atoms with Crippen molar-refractivity contribution in [2.24, 2.45) is 0 Å². The first kappa shape index (κ1) is 46.6. The number of carbonyl (C=O) groups is 1. The Kier molecular flexibility index (Phi) is 40.6. The number of aliphatic hydroxyl groups excluding tert-OH is 1. The van der Waals surface area contributed by atoms with Crippen LogP contribution in [0.15, 0.2) is 36.5 Å². The van der Waals surface area contributed by atoms with Crippen molar-refractivity contribution in [1.82, 2.24) is 0 Å². The summed E-state index contributed by atoms with van der Waals surface area (Å²) >= 11 is 0. The fourth-order valence-electron chi connectivity index (χ4n) is 6.04. The molecular weight excluding hydrogens is 592 g/mol. The first-order chi connectivity index (χ1) is 23.7. The molecule has 0 radical (unpaired) electrons. The van der Waals surface area contributed by atoms with Gasteiger partial charge in [0, 0.05) is 13.0 Å². The summed E-state index contributed by atoms with van der Waals surface area (Å²) in [5.74, 6) is -0.206. The minimum atomic E-state index is -0.534. The van der Waals surface area contributed by atoms with E-state index in [2.05, 4.69) is 50.3 Å². The molecule has 0 aromatic carbocycles. The first-order valence-corrected chi connectivity index (χ1v) is 21.1. The molecule has 0 aliphatic rings. The highest BCUT2D eigenvalue weighted by Gasteiger charge is 2.13. The van der Waals surface area contributed by atoms with Crippen LogP contribution in [0, 0.1) is 0 Å². The van der Waals surface area contributed by atoms with E-state index in [-0.39, 0.29) is 12.6 Å². The molecule has 0 rings (SSSR count). The Morgan fingerprint density at radius 1 is 0.500 bits per heavy atom. The first-order valence-electron chi connectivity index (χ1n) is 21.1. The van der Waals surface area contributed by atoms with Crippen LogP contribution in [0.4, 0.5) is 0 Å². The van der Waals surface area contributed by atoms with Crippen LogP contribution < -0.4 is 0 Å². The van der Waals surface area contributed by atoms with E-state index >= 15 is 0 Å². The molecule has 0 heterocycles. The molecule has 0 aliphatic heterocycles. The lowest BCUT2D eigenvalue weighted by atomic mass is 10.0. The number of esters is 1. The topological polar surface area (TPSA) is 55.8 Å². The number of hydrogen-bond acceptors (Lipinski definition) is 4. The quantitative estimate of drug-likeness (QED) is 0.0400. The van der Waals surface area contributed by atoms with Crippen molar-refractivity contribution in [3.05, 3.63) is 36.5 Å². The van der Waals surface area contributed by atoms with Gasteiger partial charge in [-0.15, -0.1) is 0 Å². The van der Waals surface area contributed by atoms with Crippen LogP contribution in [0.25, 0.3) is 0 Å². The Morgan fingerprint density at radius 2 is 0.875 bits per heavy atom. The van der Waals surface area contributed by atoms with E-state index in [1.807, 2.05) is 0 Å². The molecule has 0 aliphatic carbocycles. The molecule has 0 saturated carbocycles. The molecule has 1 unspecified atom stereocenters. The van der Waals surface area contributed by atoms with Crippen molar-refractivity contribution in [1.29, 1.82) is 0 Å². The molecule has 0 amide bonds. The Morgan fingerprint density at radius 3 is 1.31 bits per heavy atom. The predicted octanol–water partition coefficient (Wildman–Crippen LogP) is 13.7. The third kappa shape index (κ3) is 39.1. The Labute approximate surface area is 300 Å². The predicted molar refractivity (Wildman–Crippen MR) is 210 cm³/mol. The average molecular weight is 675 g/mol. The normalized spacial score (nSPS) is 12.6. The average Bonchev–Trinajstić information content (AvgIpc) is 3.09. The Bertz CT molecular complexity index is 713. The minimum Gasteiger partial charge on any atom is -0.457 e. The van der Waals surface area contributed by atoms with Crippen LogP contribution in [0.1, 0.15) is 213 Å². The molecule has 0 fully saturated rings. The van der Waals surface area contributed by atoms with Crippen LogP contribution in [0.2, 0.25) is 0 Å². The van der Waals surface area contributed by atoms with Crippen molar-refractivity contribution < 1.29 is 19.4 Å². The van der Waals surface area contributed by atoms with Gasteiger partial charge in [-0.2, -0.15) is 0 Å². The van der Waals surface area contributed by atoms with Crippen LogP contribution >= 0.6 is 0 Å². The summed E-state index contributed by atoms with van der Waals surface area (Å²) < 4.78 is 11.1. The molecular formula is C44H82O4. The van der Waals surface area contributed by atoms with Gasteiger partial charge in [-0.3, -0.25) is 4.79 Å². The van der Waals surface area contributed by atoms with E-state index in [0.717, 1.165) is 32.1 Å². The summed E-state index contributed by atoms with van der Waals surface area (Å²) in [6.45, 7) is 5.35. The number of aliphatic hydroxyl groups is 1. The molecule has 0 spiro atoms. The minimum absolute atomic E-state index is 0.172. The summed E-state index contributed by atoms with van der Waals surface area (Å²) in [4.78, 5) is 12.2. The van der Waals surface area contributed by atoms with Gasteiger partial charge in [0.1, 0.15) is 6.10 Å². The molecule has 4 nitrogen and oxygen atoms in total. The highest BCUT2D eigenvalue weighted by molar-refractivity contribution is 5.69. The zero-order valence-electron chi connectivity index (χ0n) is 32.3. The van der Waals surface area contributed by atoms with Gasteiger partial charge in [-0.25, -0.2) is 0 Å². The molecule has 0 aromatic heterocycles. The molecule has 0 bridgehead atoms. The zero-order valence-corrected chi connectivity index (χ0v) is 32.3. The summed E-state index contributed by atoms with van der Waals surface area (Å²) in [5, 5.41) is 9.58. The van der Waals surface area contributed by atoms with Gasteiger partial charge in [0.25, 0.3) is 0 Å². The van der Waals surface area contributed by atoms with Crippen molar-refractivity contribution in [3.63, 3.8) is 0 Å². The van der Waals surface area contributed by atoms with Crippen molar-refractivity contribution >= 4 is 5.97 Å². The lowest BCUT2D eigenvalue weighted by molar-refractivity contribution is -0.154. The summed E-state index contributed by atoms with van der Waals surface area (Å²) in [6.07, 6.45) is 51.9. The molecule has 0 aromatic rings. The van der Waals surface area contributed by atoms with Gasteiger partial charge in [0.2, 0.25) is 0 Å². The monoisotopic (exact) mass is 675 g/mol. The van der Waals surface area contributed by atoms with Gasteiger partial charge in [0.05, 0.1) is 13.2 Å². The third-order valence-electron chi connectivity index (χ3n) is 9.22. The van der Waals surface area contributed by atoms with Crippen LogP contribution in [-0.4, -0.2) is 37.0 Å². The van der Waals surface area contributed by atoms with Gasteiger partial charge >= 0.3 is 5.97 Å². The van der Waals surface area contributed by atoms with Crippen LogP contribution in [0.5, 0.6) is 0 Å². The number of rotatable bonds is 39. The molecule has 48 heavy (non-hydrogen) atoms. The number of unbranched alkanes of at least 4 members (excludes halogenated alkanes) is 25. The number of carbonyl (C=O) groups excluding carboxylic acids is 1. The van der Waals surface area contributed by atoms with Crippen LogP contribution in [-0.2, 0) is 14.3 Å². The fourth-order valence-corrected chi connectivity index (χ4v) is 6.04. The smallest absolute Gasteiger partial charge is 0.306 e. The van der Waals surface area contributed by atoms with E-state index in [9.17, 15) is 9.90 Å². The van der Waals surface area contributed by atoms with Gasteiger partial charge in [0.15, 0.2) is 0 Å². The maximum Gasteiger partial charge on any atom is 0.306 e. The van der Waals surface area contributed by atoms with Crippen molar-refractivity contribution in [2.75, 3.05) is 19.8 Å². The standard InChI is InChI=1S/C44H82O4/c1-3-5-7-9-11-13-15-17-18-19-20-21-22-23-24-25-26-27-29-31-33-35-37-39-44(46)48-43(41-45)42-47-40-38-36-34-32-30-28-16-14-12-10-8-6-4-2/h15,17,19-20,22-23,43,45H,3-14,16,18,21,24-42H2,1-2H3/b17-15-,20-19-,23-22-. The molecule has 0 saturated heterocycles. The van der Waals surface area contributed by atoms with E-state index in [4.69, 9.17) is 9.47 Å². The molecule has 1 atom stereocenters. The van der Waals surface area contributed by atoms with E-state index in [0.29, 0.717) is 19.6 Å². The van der Waals surface area contributed by atoms with Gasteiger partial charge < -0.3 is 14.6 Å². The Hall–Kier alpha value is -1.39. The summed E-state index contributed by atoms with van der Waals surface area (Å²) in [6, 6.07) is 0. The maximum absolute atomic E-state index is 12.2. The molecule has 4 heteroatoms. The van der Waals surface area contributed by atoms with E-state index in [1.54, 1.807) is 0 Å². The van der Waals surface area contributed by atoms with E-state index < -0.39 is 6.10 Å². The van der Waals surface area contributed by atoms with E-state index in [1.165, 1.54) is 161 Å². The van der Waals surface area contributed by atoms with Crippen molar-refractivity contribution in [2.45, 2.75) is 219 Å². The highest BCUT2D eigenvalue weighted by atomic mass is 16.6. The van der Waals surface area contributed by atoms with Gasteiger partial charge in [-0.05, 0) is 51.4 Å². The number of allylic oxidation sites excluding steroid dienone is 6. The lowest BCUT2D eigenvalue weighted by Crippen LogP contribution is -2.27. The number of hydrogen-bond donors (Lipinski definition) is 1. The number of ether oxygens (including phenoxy) is 2. The molecule has 1 N–H and O–H groups in total. The second kappa shape index (κ2) is 41.8. The second-order valence-corrected chi connectivity index (χ2v) is 14.1. The van der Waals surface area contributed by atoms with Crippen molar-refractivity contribution in [3.8, 4) is 0 Å². The fraction of sp³-hybridized carbons (Fsp3) is 0.841. The molecule has 282 valence electrons. The second-order valence-electron chi connectivity index (χ2n) is 14.1. The largest absolute Gasteiger partial charge is 0.457 e. The van der Waals surface area contributed by atoms with Crippen LogP contribution in [0.3, 0.4) is 0 Å². The Balaban J connectivity index is 3.45. The summed E-state index contributed by atoms with van der Waals surface area (Å²) in [5.41, 5.74) is 0. The van der Waals surface area contributed by atoms with Gasteiger partial charge in [-0.1, -0.05) is 192 Å². The third-order valence-corrected chi connectivity index (χ3v) is 9.22. The summed E-state index contributed by atoms with van der Waals surface area (Å²) in [7, 11) is 0. The highest BCUT2D eigenvalue weighted by Crippen LogP contribution is 2.14. The zero-order chi connectivity index (χ0) is 34.9. The SMILES string of the molecule is CCCCCCC/C=C\C/C=C\C/C=C\CCCCCCCCCCC(=O)OC(CO)COCCCCCCCCCCCCCCC.